The average Bonchev–Trinajstić information content (AvgIpc) is 1.34. The van der Waals surface area contributed by atoms with Crippen molar-refractivity contribution < 1.29 is 90.3 Å². The molecule has 12 aromatic carbocycles. The molecular weight excluding hydrogens is 2240 g/mol. The Morgan fingerprint density at radius 1 is 0.301 bits per heavy atom. The summed E-state index contributed by atoms with van der Waals surface area (Å²) in [6.45, 7) is 1.47. The maximum absolute atomic E-state index is 11.2. The number of nitrogens with zero attached hydrogens (tertiary/aromatic N) is 9. The number of pyridine rings is 7. The molecule has 0 bridgehead atoms. The predicted octanol–water partition coefficient (Wildman–Crippen LogP) is 25.9. The fraction of sp³-hybridized carbons (Fsp3) is 0.00935. The van der Waals surface area contributed by atoms with Crippen LogP contribution in [0.15, 0.2) is 431 Å². The molecule has 21 rings (SSSR count). The molecular formula is C107H74Ir4N9O2S-7. The van der Waals surface area contributed by atoms with Crippen molar-refractivity contribution in [1.82, 2.24) is 44.9 Å². The summed E-state index contributed by atoms with van der Waals surface area (Å²) in [5.74, 6) is -0.139. The van der Waals surface area contributed by atoms with Crippen LogP contribution in [0.25, 0.3) is 143 Å². The Balaban J connectivity index is 0.000000148. The molecule has 9 aromatic heterocycles. The number of carbonyl (C=O) groups is 1. The minimum absolute atomic E-state index is 0. The number of hydrogen-bond acceptors (Lipinski definition) is 12. The molecule has 0 saturated heterocycles. The first-order valence-corrected chi connectivity index (χ1v) is 39.1. The number of para-hydroxylation sites is 4. The molecule has 0 aliphatic heterocycles. The number of aliphatic hydroxyl groups is 1. The molecule has 4 radical (unpaired) electrons. The standard InChI is InChI=1S/2C19H12N.C14H9N2.C13H8NS.2C11H8N.C10H7N2.C10H10O2.4Ir/c2*1-2-7-16-13-17(10-9-14(16)5-1)19-12-11-15-6-3-4-8-18(15)20-19;1-2-4-13-11(3-1)5-6-14(16-13)12-7-9-15-10-8-12;1-2-5-11-10(4-1)7-8-12(14-11)13-6-3-9-15-13;2*1-2-6-10(7-3-1)11-8-4-5-9-12-11;1-2-4-9(5-3-1)10-8-11-6-7-12-10;1-8(11)7-10(12)9-5-3-2-4-6-9;;;;/h2*1-9,11-13H;1-7,9-10H;1-5,7-9H;2*1-6,8-9H;1-4,6-8H;2-7,11H,1H3;;;;/q7*-1;;;;;. The molecule has 0 aliphatic rings. The number of ketones is 1. The van der Waals surface area contributed by atoms with Crippen LogP contribution >= 0.6 is 11.3 Å². The van der Waals surface area contributed by atoms with Crippen molar-refractivity contribution in [3.05, 3.63) is 479 Å². The molecule has 0 unspecified atom stereocenters. The van der Waals surface area contributed by atoms with Crippen LogP contribution in [0.3, 0.4) is 0 Å². The van der Waals surface area contributed by atoms with Gasteiger partial charge in [0.15, 0.2) is 5.78 Å². The van der Waals surface area contributed by atoms with E-state index in [1.165, 1.54) is 39.9 Å². The molecule has 1 N–H and O–H groups in total. The molecule has 21 aromatic rings. The van der Waals surface area contributed by atoms with Crippen molar-refractivity contribution in [3.63, 3.8) is 0 Å². The molecule has 11 nitrogen and oxygen atoms in total. The summed E-state index contributed by atoms with van der Waals surface area (Å²) in [7, 11) is 0. The van der Waals surface area contributed by atoms with Crippen LogP contribution in [0.1, 0.15) is 17.3 Å². The van der Waals surface area contributed by atoms with Crippen LogP contribution in [0.5, 0.6) is 0 Å². The normalized spacial score (nSPS) is 10.2. The Hall–Kier alpha value is -13.2. The van der Waals surface area contributed by atoms with E-state index in [1.807, 2.05) is 242 Å². The second kappa shape index (κ2) is 48.9. The third-order valence-corrected chi connectivity index (χ3v) is 19.0. The van der Waals surface area contributed by atoms with Gasteiger partial charge in [-0.15, -0.1) is 177 Å². The number of hydrogen-bond donors (Lipinski definition) is 1. The third kappa shape index (κ3) is 27.2. The van der Waals surface area contributed by atoms with Gasteiger partial charge in [0.2, 0.25) is 0 Å². The molecule has 0 atom stereocenters. The van der Waals surface area contributed by atoms with E-state index < -0.39 is 0 Å². The van der Waals surface area contributed by atoms with E-state index in [0.29, 0.717) is 5.56 Å². The number of allylic oxidation sites excluding steroid dienone is 2. The second-order valence-corrected chi connectivity index (χ2v) is 27.3. The molecule has 0 amide bonds. The number of rotatable bonds is 9. The molecule has 16 heteroatoms. The van der Waals surface area contributed by atoms with E-state index in [9.17, 15) is 4.79 Å². The summed E-state index contributed by atoms with van der Waals surface area (Å²) in [5, 5.41) is 20.4. The van der Waals surface area contributed by atoms with Crippen molar-refractivity contribution in [2.45, 2.75) is 6.92 Å². The van der Waals surface area contributed by atoms with E-state index in [2.05, 4.69) is 187 Å². The van der Waals surface area contributed by atoms with Crippen LogP contribution in [0.4, 0.5) is 0 Å². The van der Waals surface area contributed by atoms with E-state index in [-0.39, 0.29) is 92.0 Å². The monoisotopic (exact) mass is 2320 g/mol. The number of benzene rings is 12. The third-order valence-electron chi connectivity index (χ3n) is 18.1. The molecule has 9 heterocycles. The van der Waals surface area contributed by atoms with Crippen LogP contribution in [-0.4, -0.2) is 55.7 Å². The SMILES string of the molecule is CC(O)=CC(=O)c1ccccc1.[Ir].[Ir].[Ir].[Ir].[c-]1cc2ccccc2cc1-c1ccc2ccccc2n1.[c-]1cc2ccccc2cc1-c1ccc2ccccc2n1.[c-]1ccccc1-c1ccccn1.[c-]1ccccc1-c1ccccn1.[c-]1ccccc1-c1cnccn1.[c-]1ccsc1-c1ccc2ccccc2n1.[c-]1cnccc1-c1ccc2ccccc2n1. The summed E-state index contributed by atoms with van der Waals surface area (Å²) in [4.78, 5) is 51.5. The molecule has 123 heavy (non-hydrogen) atoms. The van der Waals surface area contributed by atoms with Gasteiger partial charge in [-0.3, -0.25) is 24.7 Å². The number of aromatic nitrogens is 9. The molecule has 0 saturated carbocycles. The predicted molar refractivity (Wildman–Crippen MR) is 485 cm³/mol. The summed E-state index contributed by atoms with van der Waals surface area (Å²) in [5.41, 5.74) is 17.4. The summed E-state index contributed by atoms with van der Waals surface area (Å²) in [6.07, 6.45) is 13.3. The maximum atomic E-state index is 11.2. The van der Waals surface area contributed by atoms with E-state index in [0.717, 1.165) is 116 Å². The Morgan fingerprint density at radius 2 is 0.683 bits per heavy atom. The smallest absolute Gasteiger partial charge is 0.189 e. The van der Waals surface area contributed by atoms with Gasteiger partial charge in [0.1, 0.15) is 0 Å². The van der Waals surface area contributed by atoms with Gasteiger partial charge >= 0.3 is 0 Å². The van der Waals surface area contributed by atoms with Gasteiger partial charge in [-0.1, -0.05) is 240 Å². The Labute approximate surface area is 774 Å². The number of fused-ring (bicyclic) bond motifs is 6. The first-order chi connectivity index (χ1) is 58.8. The minimum Gasteiger partial charge on any atom is -0.512 e. The first-order valence-electron chi connectivity index (χ1n) is 38.3. The molecule has 0 aliphatic carbocycles. The van der Waals surface area contributed by atoms with Crippen molar-refractivity contribution in [2.24, 2.45) is 0 Å². The van der Waals surface area contributed by atoms with Crippen LogP contribution in [0, 0.1) is 42.5 Å². The largest absolute Gasteiger partial charge is 0.512 e. The van der Waals surface area contributed by atoms with Gasteiger partial charge in [0.05, 0.1) is 27.8 Å². The fourth-order valence-electron chi connectivity index (χ4n) is 12.3. The van der Waals surface area contributed by atoms with Crippen molar-refractivity contribution in [3.8, 4) is 78.1 Å². The van der Waals surface area contributed by atoms with Gasteiger partial charge in [0, 0.05) is 129 Å². The summed E-state index contributed by atoms with van der Waals surface area (Å²) in [6, 6.07) is 144. The van der Waals surface area contributed by atoms with Gasteiger partial charge in [0.25, 0.3) is 0 Å². The van der Waals surface area contributed by atoms with Crippen molar-refractivity contribution >= 4 is 82.3 Å². The zero-order valence-electron chi connectivity index (χ0n) is 66.0. The van der Waals surface area contributed by atoms with E-state index in [4.69, 9.17) is 15.1 Å². The Bertz CT molecular complexity index is 6180. The zero-order valence-corrected chi connectivity index (χ0v) is 76.4. The van der Waals surface area contributed by atoms with E-state index in [1.54, 1.807) is 79.0 Å². The fourth-order valence-corrected chi connectivity index (χ4v) is 12.9. The average molecular weight is 2320 g/mol. The van der Waals surface area contributed by atoms with Crippen LogP contribution in [-0.2, 0) is 80.4 Å². The molecule has 0 fully saturated rings. The number of aliphatic hydroxyl groups excluding tert-OH is 1. The second-order valence-electron chi connectivity index (χ2n) is 26.4. The topological polar surface area (TPSA) is 153 Å². The van der Waals surface area contributed by atoms with Gasteiger partial charge in [-0.2, -0.15) is 23.8 Å². The quantitative estimate of drug-likeness (QED) is 0.0636. The zero-order chi connectivity index (χ0) is 81.3. The molecule has 608 valence electrons. The van der Waals surface area contributed by atoms with Gasteiger partial charge in [-0.25, -0.2) is 11.3 Å². The van der Waals surface area contributed by atoms with Crippen molar-refractivity contribution in [1.29, 1.82) is 0 Å². The minimum atomic E-state index is -0.171. The Kier molecular flexibility index (Phi) is 36.6. The maximum Gasteiger partial charge on any atom is 0.189 e. The summed E-state index contributed by atoms with van der Waals surface area (Å²) < 4.78 is 0. The van der Waals surface area contributed by atoms with Crippen LogP contribution < -0.4 is 0 Å². The van der Waals surface area contributed by atoms with Crippen molar-refractivity contribution in [2.75, 3.05) is 0 Å². The van der Waals surface area contributed by atoms with Crippen LogP contribution in [0.2, 0.25) is 0 Å². The Morgan fingerprint density at radius 3 is 1.07 bits per heavy atom. The van der Waals surface area contributed by atoms with Gasteiger partial charge in [-0.05, 0) is 111 Å². The summed E-state index contributed by atoms with van der Waals surface area (Å²) >= 11 is 1.67. The molecule has 0 spiro atoms. The van der Waals surface area contributed by atoms with Gasteiger partial charge < -0.3 is 30.0 Å². The first kappa shape index (κ1) is 92.1. The number of thiophene rings is 1. The van der Waals surface area contributed by atoms with E-state index >= 15 is 0 Å². The number of carbonyl (C=O) groups excluding carboxylic acids is 1.